The van der Waals surface area contributed by atoms with Gasteiger partial charge >= 0.3 is 12.5 Å². The number of halogens is 6. The van der Waals surface area contributed by atoms with Gasteiger partial charge in [0.05, 0.1) is 18.2 Å². The zero-order chi connectivity index (χ0) is 20.9. The molecule has 0 aliphatic heterocycles. The molecule has 0 aliphatic carbocycles. The average Bonchev–Trinajstić information content (AvgIpc) is 2.59. The topological polar surface area (TPSA) is 56.5 Å². The largest absolute Gasteiger partial charge is 0.573 e. The van der Waals surface area contributed by atoms with Crippen molar-refractivity contribution in [1.82, 2.24) is 0 Å². The molecule has 1 atom stereocenters. The number of anilines is 1. The van der Waals surface area contributed by atoms with Gasteiger partial charge in [0.2, 0.25) is 0 Å². The summed E-state index contributed by atoms with van der Waals surface area (Å²) in [6, 6.07) is 12.3. The van der Waals surface area contributed by atoms with Crippen LogP contribution in [0.25, 0.3) is 0 Å². The molecule has 0 saturated heterocycles. The van der Waals surface area contributed by atoms with Gasteiger partial charge in [0, 0.05) is 12.2 Å². The Balaban J connectivity index is 2.32. The summed E-state index contributed by atoms with van der Waals surface area (Å²) in [7, 11) is 0. The molecule has 0 spiro atoms. The van der Waals surface area contributed by atoms with E-state index in [9.17, 15) is 31.4 Å². The van der Waals surface area contributed by atoms with Crippen molar-refractivity contribution < 1.29 is 36.2 Å². The Morgan fingerprint density at radius 2 is 1.71 bits per heavy atom. The fourth-order valence-corrected chi connectivity index (χ4v) is 2.41. The Labute approximate surface area is 156 Å². The number of rotatable bonds is 6. The van der Waals surface area contributed by atoms with Crippen molar-refractivity contribution in [3.8, 4) is 11.8 Å². The minimum atomic E-state index is -4.91. The number of aliphatic hydroxyl groups is 1. The molecule has 2 aromatic carbocycles. The van der Waals surface area contributed by atoms with Gasteiger partial charge < -0.3 is 14.7 Å². The molecule has 0 bridgehead atoms. The summed E-state index contributed by atoms with van der Waals surface area (Å²) in [5, 5.41) is 18.4. The fraction of sp³-hybridized carbons (Fsp3) is 0.278. The lowest BCUT2D eigenvalue weighted by Gasteiger charge is -2.28. The lowest BCUT2D eigenvalue weighted by atomic mass is 10.1. The van der Waals surface area contributed by atoms with Crippen LogP contribution in [-0.4, -0.2) is 30.3 Å². The molecule has 2 rings (SSSR count). The van der Waals surface area contributed by atoms with Crippen LogP contribution >= 0.6 is 0 Å². The maximum atomic E-state index is 12.8. The molecule has 0 aliphatic rings. The van der Waals surface area contributed by atoms with Crippen LogP contribution in [0.5, 0.6) is 5.75 Å². The Morgan fingerprint density at radius 3 is 2.32 bits per heavy atom. The smallest absolute Gasteiger partial charge is 0.406 e. The van der Waals surface area contributed by atoms with Crippen LogP contribution in [0.3, 0.4) is 0 Å². The van der Waals surface area contributed by atoms with Crippen molar-refractivity contribution in [1.29, 1.82) is 5.26 Å². The summed E-state index contributed by atoms with van der Waals surface area (Å²) in [6.07, 6.45) is -12.5. The Hall–Kier alpha value is -2.93. The number of alkyl halides is 6. The Morgan fingerprint density at radius 1 is 1.04 bits per heavy atom. The summed E-state index contributed by atoms with van der Waals surface area (Å²) >= 11 is 0. The van der Waals surface area contributed by atoms with Crippen LogP contribution in [0.2, 0.25) is 0 Å². The van der Waals surface area contributed by atoms with Crippen molar-refractivity contribution in [2.24, 2.45) is 0 Å². The first-order valence-electron chi connectivity index (χ1n) is 7.82. The molecular formula is C18H14F6N2O2. The zero-order valence-corrected chi connectivity index (χ0v) is 14.1. The average molecular weight is 404 g/mol. The van der Waals surface area contributed by atoms with E-state index in [-0.39, 0.29) is 23.4 Å². The van der Waals surface area contributed by atoms with Gasteiger partial charge in [-0.25, -0.2) is 0 Å². The van der Waals surface area contributed by atoms with Crippen LogP contribution < -0.4 is 9.64 Å². The van der Waals surface area contributed by atoms with E-state index in [1.165, 1.54) is 36.4 Å². The monoisotopic (exact) mass is 404 g/mol. The maximum absolute atomic E-state index is 12.8. The lowest BCUT2D eigenvalue weighted by Crippen LogP contribution is -2.40. The second kappa shape index (κ2) is 8.39. The molecule has 0 radical (unpaired) electrons. The third-order valence-corrected chi connectivity index (χ3v) is 3.62. The molecule has 1 unspecified atom stereocenters. The van der Waals surface area contributed by atoms with E-state index in [1.807, 2.05) is 6.07 Å². The van der Waals surface area contributed by atoms with Gasteiger partial charge in [0.25, 0.3) is 0 Å². The minimum absolute atomic E-state index is 0.179. The summed E-state index contributed by atoms with van der Waals surface area (Å²) < 4.78 is 79.3. The van der Waals surface area contributed by atoms with E-state index in [4.69, 9.17) is 5.26 Å². The van der Waals surface area contributed by atoms with Gasteiger partial charge in [0.15, 0.2) is 6.10 Å². The lowest BCUT2D eigenvalue weighted by molar-refractivity contribution is -0.274. The third kappa shape index (κ3) is 6.35. The van der Waals surface area contributed by atoms with Gasteiger partial charge in [-0.05, 0) is 35.9 Å². The van der Waals surface area contributed by atoms with Gasteiger partial charge in [0.1, 0.15) is 5.75 Å². The number of benzene rings is 2. The predicted molar refractivity (Wildman–Crippen MR) is 87.4 cm³/mol. The van der Waals surface area contributed by atoms with Gasteiger partial charge in [-0.1, -0.05) is 18.2 Å². The molecule has 1 N–H and O–H groups in total. The molecular weight excluding hydrogens is 390 g/mol. The molecule has 0 amide bonds. The quantitative estimate of drug-likeness (QED) is 0.726. The highest BCUT2D eigenvalue weighted by Crippen LogP contribution is 2.27. The van der Waals surface area contributed by atoms with Gasteiger partial charge in [-0.2, -0.15) is 18.4 Å². The third-order valence-electron chi connectivity index (χ3n) is 3.62. The summed E-state index contributed by atoms with van der Waals surface area (Å²) in [6.45, 7) is -1.13. The van der Waals surface area contributed by atoms with Crippen LogP contribution in [0.1, 0.15) is 11.1 Å². The van der Waals surface area contributed by atoms with Crippen molar-refractivity contribution in [3.05, 3.63) is 59.7 Å². The number of aliphatic hydroxyl groups excluding tert-OH is 1. The Kier molecular flexibility index (Phi) is 6.41. The summed E-state index contributed by atoms with van der Waals surface area (Å²) in [5.74, 6) is -0.521. The van der Waals surface area contributed by atoms with E-state index in [0.717, 1.165) is 17.0 Å². The molecule has 10 heteroatoms. The van der Waals surface area contributed by atoms with Gasteiger partial charge in [-0.3, -0.25) is 0 Å². The van der Waals surface area contributed by atoms with Crippen molar-refractivity contribution >= 4 is 5.69 Å². The normalized spacial score (nSPS) is 12.9. The summed E-state index contributed by atoms with van der Waals surface area (Å²) in [5.41, 5.74) is 0.598. The number of ether oxygens (including phenoxy) is 1. The van der Waals surface area contributed by atoms with Crippen molar-refractivity contribution in [2.75, 3.05) is 11.4 Å². The molecule has 150 valence electrons. The molecule has 0 aromatic heterocycles. The number of nitrogens with zero attached hydrogens (tertiary/aromatic N) is 2. The highest BCUT2D eigenvalue weighted by Gasteiger charge is 2.39. The minimum Gasteiger partial charge on any atom is -0.406 e. The fourth-order valence-electron chi connectivity index (χ4n) is 2.41. The molecule has 28 heavy (non-hydrogen) atoms. The first-order valence-corrected chi connectivity index (χ1v) is 7.82. The van der Waals surface area contributed by atoms with Crippen molar-refractivity contribution in [3.63, 3.8) is 0 Å². The number of hydrogen-bond donors (Lipinski definition) is 1. The molecule has 2 aromatic rings. The first kappa shape index (κ1) is 21.4. The van der Waals surface area contributed by atoms with Crippen LogP contribution in [0.4, 0.5) is 32.0 Å². The predicted octanol–water partition coefficient (Wildman–Crippen LogP) is 4.39. The SMILES string of the molecule is N#Cc1cccc(N(Cc2cccc(OC(F)(F)F)c2)CC(O)C(F)(F)F)c1. The standard InChI is InChI=1S/C18H14F6N2O2/c19-17(20,21)16(27)11-26(14-5-1-3-12(7-14)9-25)10-13-4-2-6-15(8-13)28-18(22,23)24/h1-8,16,27H,10-11H2. The highest BCUT2D eigenvalue weighted by molar-refractivity contribution is 5.52. The second-order valence-corrected chi connectivity index (χ2v) is 5.80. The molecule has 0 saturated carbocycles. The van der Waals surface area contributed by atoms with Crippen LogP contribution in [-0.2, 0) is 6.54 Å². The molecule has 0 fully saturated rings. The van der Waals surface area contributed by atoms with Crippen LogP contribution in [0.15, 0.2) is 48.5 Å². The second-order valence-electron chi connectivity index (χ2n) is 5.80. The summed E-state index contributed by atoms with van der Waals surface area (Å²) in [4.78, 5) is 1.12. The first-order chi connectivity index (χ1) is 13.0. The zero-order valence-electron chi connectivity index (χ0n) is 14.1. The number of nitriles is 1. The van der Waals surface area contributed by atoms with E-state index >= 15 is 0 Å². The molecule has 4 nitrogen and oxygen atoms in total. The van der Waals surface area contributed by atoms with Crippen LogP contribution in [0, 0.1) is 11.3 Å². The number of hydrogen-bond acceptors (Lipinski definition) is 4. The molecule has 0 heterocycles. The van der Waals surface area contributed by atoms with E-state index in [1.54, 1.807) is 0 Å². The van der Waals surface area contributed by atoms with E-state index in [0.29, 0.717) is 0 Å². The van der Waals surface area contributed by atoms with E-state index < -0.39 is 30.9 Å². The highest BCUT2D eigenvalue weighted by atomic mass is 19.4. The van der Waals surface area contributed by atoms with Gasteiger partial charge in [-0.15, -0.1) is 13.2 Å². The van der Waals surface area contributed by atoms with Crippen molar-refractivity contribution in [2.45, 2.75) is 25.2 Å². The Bertz CT molecular complexity index is 845. The van der Waals surface area contributed by atoms with E-state index in [2.05, 4.69) is 4.74 Å². The maximum Gasteiger partial charge on any atom is 0.573 e.